The molecule has 0 bridgehead atoms. The lowest BCUT2D eigenvalue weighted by molar-refractivity contribution is 0.0649. The van der Waals surface area contributed by atoms with Gasteiger partial charge in [0.2, 0.25) is 0 Å². The van der Waals surface area contributed by atoms with Gasteiger partial charge in [-0.05, 0) is 19.9 Å². The van der Waals surface area contributed by atoms with E-state index >= 15 is 0 Å². The summed E-state index contributed by atoms with van der Waals surface area (Å²) < 4.78 is 0. The Labute approximate surface area is 88.8 Å². The van der Waals surface area contributed by atoms with Crippen molar-refractivity contribution in [3.05, 3.63) is 17.5 Å². The second kappa shape index (κ2) is 4.02. The third kappa shape index (κ3) is 2.02. The summed E-state index contributed by atoms with van der Waals surface area (Å²) in [7, 11) is 0. The summed E-state index contributed by atoms with van der Waals surface area (Å²) in [5.74, 6) is 0.0216. The predicted octanol–water partition coefficient (Wildman–Crippen LogP) is 0.152. The van der Waals surface area contributed by atoms with Crippen molar-refractivity contribution in [3.8, 4) is 0 Å². The maximum atomic E-state index is 12.0. The van der Waals surface area contributed by atoms with E-state index in [1.165, 1.54) is 0 Å². The van der Waals surface area contributed by atoms with Gasteiger partial charge in [0.05, 0.1) is 0 Å². The molecule has 2 rings (SSSR count). The quantitative estimate of drug-likeness (QED) is 0.690. The molecule has 5 heteroatoms. The SMILES string of the molecule is Cc1cc(C(=O)N2CCNC[C@H]2C)n[nH]1. The number of aromatic nitrogens is 2. The molecule has 82 valence electrons. The van der Waals surface area contributed by atoms with E-state index in [2.05, 4.69) is 15.5 Å². The molecule has 2 N–H and O–H groups in total. The van der Waals surface area contributed by atoms with Crippen LogP contribution in [0, 0.1) is 6.92 Å². The molecule has 1 amide bonds. The molecule has 1 fully saturated rings. The molecule has 5 nitrogen and oxygen atoms in total. The van der Waals surface area contributed by atoms with Crippen LogP contribution in [0.2, 0.25) is 0 Å². The molecule has 0 aromatic carbocycles. The van der Waals surface area contributed by atoms with E-state index < -0.39 is 0 Å². The van der Waals surface area contributed by atoms with Gasteiger partial charge < -0.3 is 10.2 Å². The average molecular weight is 208 g/mol. The molecule has 0 radical (unpaired) electrons. The highest BCUT2D eigenvalue weighted by atomic mass is 16.2. The molecule has 1 atom stereocenters. The van der Waals surface area contributed by atoms with Crippen LogP contribution in [0.25, 0.3) is 0 Å². The van der Waals surface area contributed by atoms with Gasteiger partial charge in [-0.25, -0.2) is 0 Å². The fourth-order valence-electron chi connectivity index (χ4n) is 1.82. The Morgan fingerprint density at radius 3 is 3.07 bits per heavy atom. The maximum absolute atomic E-state index is 12.0. The minimum Gasteiger partial charge on any atom is -0.332 e. The van der Waals surface area contributed by atoms with E-state index in [0.29, 0.717) is 5.69 Å². The first kappa shape index (κ1) is 10.2. The first-order valence-corrected chi connectivity index (χ1v) is 5.22. The van der Waals surface area contributed by atoms with Crippen LogP contribution in [0.3, 0.4) is 0 Å². The predicted molar refractivity (Wildman–Crippen MR) is 56.7 cm³/mol. The van der Waals surface area contributed by atoms with Gasteiger partial charge in [0, 0.05) is 31.4 Å². The second-order valence-corrected chi connectivity index (χ2v) is 3.99. The normalized spacial score (nSPS) is 21.7. The van der Waals surface area contributed by atoms with Crippen LogP contribution >= 0.6 is 0 Å². The standard InChI is InChI=1S/C10H16N4O/c1-7-5-9(13-12-7)10(15)14-4-3-11-6-8(14)2/h5,8,11H,3-4,6H2,1-2H3,(H,12,13)/t8-/m1/s1. The van der Waals surface area contributed by atoms with Crippen molar-refractivity contribution >= 4 is 5.91 Å². The zero-order valence-electron chi connectivity index (χ0n) is 9.08. The van der Waals surface area contributed by atoms with Gasteiger partial charge in [-0.15, -0.1) is 0 Å². The molecule has 1 aliphatic heterocycles. The minimum absolute atomic E-state index is 0.0216. The van der Waals surface area contributed by atoms with Crippen molar-refractivity contribution < 1.29 is 4.79 Å². The van der Waals surface area contributed by atoms with Gasteiger partial charge in [0.15, 0.2) is 0 Å². The number of H-pyrrole nitrogens is 1. The lowest BCUT2D eigenvalue weighted by Crippen LogP contribution is -2.52. The molecular weight excluding hydrogens is 192 g/mol. The summed E-state index contributed by atoms with van der Waals surface area (Å²) in [5, 5.41) is 10.0. The number of nitrogens with zero attached hydrogens (tertiary/aromatic N) is 2. The van der Waals surface area contributed by atoms with Gasteiger partial charge in [-0.3, -0.25) is 9.89 Å². The number of aryl methyl sites for hydroxylation is 1. The van der Waals surface area contributed by atoms with Gasteiger partial charge in [-0.2, -0.15) is 5.10 Å². The molecular formula is C10H16N4O. The molecule has 0 unspecified atom stereocenters. The first-order chi connectivity index (χ1) is 7.18. The second-order valence-electron chi connectivity index (χ2n) is 3.99. The Balaban J connectivity index is 2.13. The van der Waals surface area contributed by atoms with E-state index in [9.17, 15) is 4.79 Å². The Bertz CT molecular complexity index is 360. The molecule has 2 heterocycles. The van der Waals surface area contributed by atoms with Crippen molar-refractivity contribution in [1.29, 1.82) is 0 Å². The Kier molecular flexibility index (Phi) is 2.73. The van der Waals surface area contributed by atoms with Crippen LogP contribution in [0.1, 0.15) is 23.1 Å². The van der Waals surface area contributed by atoms with Crippen LogP contribution in [-0.4, -0.2) is 46.7 Å². The Morgan fingerprint density at radius 2 is 2.47 bits per heavy atom. The van der Waals surface area contributed by atoms with Crippen molar-refractivity contribution in [1.82, 2.24) is 20.4 Å². The number of aromatic amines is 1. The fraction of sp³-hybridized carbons (Fsp3) is 0.600. The highest BCUT2D eigenvalue weighted by molar-refractivity contribution is 5.92. The number of amides is 1. The van der Waals surface area contributed by atoms with Crippen molar-refractivity contribution in [2.45, 2.75) is 19.9 Å². The first-order valence-electron chi connectivity index (χ1n) is 5.22. The van der Waals surface area contributed by atoms with E-state index in [0.717, 1.165) is 25.3 Å². The Hall–Kier alpha value is -1.36. The molecule has 0 spiro atoms. The molecule has 0 aliphatic carbocycles. The van der Waals surface area contributed by atoms with Crippen LogP contribution < -0.4 is 5.32 Å². The van der Waals surface area contributed by atoms with Crippen LogP contribution in [0.5, 0.6) is 0 Å². The summed E-state index contributed by atoms with van der Waals surface area (Å²) in [6.45, 7) is 6.41. The van der Waals surface area contributed by atoms with Crippen molar-refractivity contribution in [2.24, 2.45) is 0 Å². The number of nitrogens with one attached hydrogen (secondary N) is 2. The van der Waals surface area contributed by atoms with Crippen molar-refractivity contribution in [3.63, 3.8) is 0 Å². The lowest BCUT2D eigenvalue weighted by Gasteiger charge is -2.33. The molecule has 1 saturated heterocycles. The molecule has 1 aromatic rings. The molecule has 1 aromatic heterocycles. The van der Waals surface area contributed by atoms with E-state index in [4.69, 9.17) is 0 Å². The average Bonchev–Trinajstić information content (AvgIpc) is 2.65. The number of carbonyl (C=O) groups excluding carboxylic acids is 1. The summed E-state index contributed by atoms with van der Waals surface area (Å²) in [5.41, 5.74) is 1.43. The van der Waals surface area contributed by atoms with Crippen LogP contribution in [-0.2, 0) is 0 Å². The monoisotopic (exact) mass is 208 g/mol. The van der Waals surface area contributed by atoms with E-state index in [1.807, 2.05) is 18.7 Å². The zero-order chi connectivity index (χ0) is 10.8. The lowest BCUT2D eigenvalue weighted by atomic mass is 10.2. The van der Waals surface area contributed by atoms with E-state index in [-0.39, 0.29) is 11.9 Å². The van der Waals surface area contributed by atoms with Gasteiger partial charge in [0.25, 0.3) is 5.91 Å². The number of hydrogen-bond donors (Lipinski definition) is 2. The highest BCUT2D eigenvalue weighted by Crippen LogP contribution is 2.09. The van der Waals surface area contributed by atoms with Crippen LogP contribution in [0.4, 0.5) is 0 Å². The molecule has 1 aliphatic rings. The number of rotatable bonds is 1. The Morgan fingerprint density at radius 1 is 1.67 bits per heavy atom. The largest absolute Gasteiger partial charge is 0.332 e. The highest BCUT2D eigenvalue weighted by Gasteiger charge is 2.25. The topological polar surface area (TPSA) is 61.0 Å². The smallest absolute Gasteiger partial charge is 0.274 e. The van der Waals surface area contributed by atoms with Gasteiger partial charge in [0.1, 0.15) is 5.69 Å². The third-order valence-electron chi connectivity index (χ3n) is 2.69. The van der Waals surface area contributed by atoms with E-state index in [1.54, 1.807) is 6.07 Å². The summed E-state index contributed by atoms with van der Waals surface area (Å²) in [6.07, 6.45) is 0. The summed E-state index contributed by atoms with van der Waals surface area (Å²) in [6, 6.07) is 2.03. The fourth-order valence-corrected chi connectivity index (χ4v) is 1.82. The third-order valence-corrected chi connectivity index (χ3v) is 2.69. The maximum Gasteiger partial charge on any atom is 0.274 e. The van der Waals surface area contributed by atoms with Gasteiger partial charge in [-0.1, -0.05) is 0 Å². The molecule has 0 saturated carbocycles. The minimum atomic E-state index is 0.0216. The van der Waals surface area contributed by atoms with Gasteiger partial charge >= 0.3 is 0 Å². The number of carbonyl (C=O) groups is 1. The number of piperazine rings is 1. The summed E-state index contributed by atoms with van der Waals surface area (Å²) >= 11 is 0. The zero-order valence-corrected chi connectivity index (χ0v) is 9.08. The van der Waals surface area contributed by atoms with Crippen LogP contribution in [0.15, 0.2) is 6.07 Å². The number of hydrogen-bond acceptors (Lipinski definition) is 3. The molecule has 15 heavy (non-hydrogen) atoms. The van der Waals surface area contributed by atoms with Crippen molar-refractivity contribution in [2.75, 3.05) is 19.6 Å². The summed E-state index contributed by atoms with van der Waals surface area (Å²) in [4.78, 5) is 13.9.